The first-order valence-corrected chi connectivity index (χ1v) is 8.54. The summed E-state index contributed by atoms with van der Waals surface area (Å²) < 4.78 is 1.49. The van der Waals surface area contributed by atoms with E-state index in [0.717, 1.165) is 25.9 Å². The highest BCUT2D eigenvalue weighted by Crippen LogP contribution is 2.26. The molecule has 0 radical (unpaired) electrons. The van der Waals surface area contributed by atoms with Crippen LogP contribution in [0.5, 0.6) is 0 Å². The lowest BCUT2D eigenvalue weighted by Gasteiger charge is -2.44. The number of carbonyl (C=O) groups excluding carboxylic acids is 1. The zero-order valence-electron chi connectivity index (χ0n) is 13.5. The van der Waals surface area contributed by atoms with Gasteiger partial charge in [0.2, 0.25) is 0 Å². The van der Waals surface area contributed by atoms with Gasteiger partial charge in [0.1, 0.15) is 6.33 Å². The van der Waals surface area contributed by atoms with Crippen LogP contribution >= 0.6 is 0 Å². The number of rotatable bonds is 3. The Morgan fingerprint density at radius 2 is 2.08 bits per heavy atom. The van der Waals surface area contributed by atoms with Gasteiger partial charge in [0.05, 0.1) is 17.4 Å². The molecule has 24 heavy (non-hydrogen) atoms. The van der Waals surface area contributed by atoms with Gasteiger partial charge in [-0.2, -0.15) is 4.68 Å². The van der Waals surface area contributed by atoms with Crippen LogP contribution in [0.25, 0.3) is 5.69 Å². The van der Waals surface area contributed by atoms with Gasteiger partial charge in [0.15, 0.2) is 0 Å². The molecule has 2 fully saturated rings. The van der Waals surface area contributed by atoms with Crippen LogP contribution in [0.3, 0.4) is 0 Å². The average Bonchev–Trinajstić information content (AvgIpc) is 3.17. The van der Waals surface area contributed by atoms with Crippen molar-refractivity contribution in [2.24, 2.45) is 0 Å². The molecule has 4 rings (SSSR count). The van der Waals surface area contributed by atoms with Gasteiger partial charge in [-0.3, -0.25) is 14.7 Å². The highest BCUT2D eigenvalue weighted by Gasteiger charge is 2.33. The Labute approximate surface area is 140 Å². The van der Waals surface area contributed by atoms with E-state index in [1.807, 2.05) is 0 Å². The maximum atomic E-state index is 12.7. The second kappa shape index (κ2) is 6.64. The van der Waals surface area contributed by atoms with Crippen LogP contribution in [-0.2, 0) is 0 Å². The third-order valence-corrected chi connectivity index (χ3v) is 5.01. The molecular formula is C16H21N7O. The second-order valence-corrected chi connectivity index (χ2v) is 6.51. The summed E-state index contributed by atoms with van der Waals surface area (Å²) in [4.78, 5) is 19.4. The number of amides is 1. The third-order valence-electron chi connectivity index (χ3n) is 5.01. The van der Waals surface area contributed by atoms with Gasteiger partial charge in [0.25, 0.3) is 5.91 Å². The second-order valence-electron chi connectivity index (χ2n) is 6.51. The molecule has 0 saturated carbocycles. The van der Waals surface area contributed by atoms with E-state index in [4.69, 9.17) is 0 Å². The summed E-state index contributed by atoms with van der Waals surface area (Å²) in [5.74, 6) is -0.0742. The molecule has 1 amide bonds. The standard InChI is InChI=1S/C16H21N7O/c24-16(12-8-13(10-17-9-12)23-11-18-20-21-23)19-14-4-3-7-22-6-2-1-5-15(14)22/h8-11,14-15H,1-7H2,(H,19,24). The molecule has 8 nitrogen and oxygen atoms in total. The summed E-state index contributed by atoms with van der Waals surface area (Å²) in [6, 6.07) is 2.47. The minimum Gasteiger partial charge on any atom is -0.348 e. The summed E-state index contributed by atoms with van der Waals surface area (Å²) in [7, 11) is 0. The van der Waals surface area contributed by atoms with Crippen LogP contribution in [0.15, 0.2) is 24.8 Å². The SMILES string of the molecule is O=C(NC1CCCN2CCCCC12)c1cncc(-n2cnnn2)c1. The molecule has 2 saturated heterocycles. The van der Waals surface area contributed by atoms with Crippen molar-refractivity contribution in [2.45, 2.75) is 44.2 Å². The minimum atomic E-state index is -0.0742. The quantitative estimate of drug-likeness (QED) is 0.897. The number of aromatic nitrogens is 5. The Morgan fingerprint density at radius 3 is 2.96 bits per heavy atom. The van der Waals surface area contributed by atoms with Crippen molar-refractivity contribution in [3.63, 3.8) is 0 Å². The highest BCUT2D eigenvalue weighted by molar-refractivity contribution is 5.94. The molecule has 2 aliphatic heterocycles. The third kappa shape index (κ3) is 3.01. The number of carbonyl (C=O) groups is 1. The Morgan fingerprint density at radius 1 is 1.17 bits per heavy atom. The maximum Gasteiger partial charge on any atom is 0.253 e. The molecule has 8 heteroatoms. The van der Waals surface area contributed by atoms with Crippen molar-refractivity contribution in [1.82, 2.24) is 35.4 Å². The van der Waals surface area contributed by atoms with Gasteiger partial charge < -0.3 is 5.32 Å². The zero-order valence-corrected chi connectivity index (χ0v) is 13.5. The number of hydrogen-bond donors (Lipinski definition) is 1. The van der Waals surface area contributed by atoms with Crippen molar-refractivity contribution >= 4 is 5.91 Å². The van der Waals surface area contributed by atoms with E-state index in [1.165, 1.54) is 30.3 Å². The summed E-state index contributed by atoms with van der Waals surface area (Å²) >= 11 is 0. The molecular weight excluding hydrogens is 306 g/mol. The predicted octanol–water partition coefficient (Wildman–Crippen LogP) is 0.804. The van der Waals surface area contributed by atoms with E-state index >= 15 is 0 Å². The van der Waals surface area contributed by atoms with E-state index < -0.39 is 0 Å². The van der Waals surface area contributed by atoms with Crippen LogP contribution in [0, 0.1) is 0 Å². The monoisotopic (exact) mass is 327 g/mol. The number of piperidine rings is 2. The molecule has 0 aromatic carbocycles. The largest absolute Gasteiger partial charge is 0.348 e. The van der Waals surface area contributed by atoms with Crippen LogP contribution in [-0.4, -0.2) is 61.2 Å². The smallest absolute Gasteiger partial charge is 0.253 e. The fraction of sp³-hybridized carbons (Fsp3) is 0.562. The lowest BCUT2D eigenvalue weighted by atomic mass is 9.88. The van der Waals surface area contributed by atoms with Crippen LogP contribution < -0.4 is 5.32 Å². The van der Waals surface area contributed by atoms with Crippen molar-refractivity contribution in [3.05, 3.63) is 30.4 Å². The van der Waals surface area contributed by atoms with Gasteiger partial charge in [-0.05, 0) is 55.3 Å². The summed E-state index contributed by atoms with van der Waals surface area (Å²) in [6.45, 7) is 2.32. The maximum absolute atomic E-state index is 12.7. The van der Waals surface area contributed by atoms with E-state index in [0.29, 0.717) is 17.3 Å². The molecule has 2 aromatic rings. The number of pyridine rings is 1. The Bertz CT molecular complexity index is 700. The normalized spacial score (nSPS) is 24.3. The molecule has 0 bridgehead atoms. The molecule has 2 aliphatic rings. The molecule has 126 valence electrons. The predicted molar refractivity (Wildman–Crippen MR) is 86.6 cm³/mol. The van der Waals surface area contributed by atoms with Crippen molar-refractivity contribution < 1.29 is 4.79 Å². The minimum absolute atomic E-state index is 0.0742. The van der Waals surface area contributed by atoms with Gasteiger partial charge >= 0.3 is 0 Å². The Kier molecular flexibility index (Phi) is 4.20. The summed E-state index contributed by atoms with van der Waals surface area (Å²) in [5.41, 5.74) is 1.21. The topological polar surface area (TPSA) is 88.8 Å². The Balaban J connectivity index is 1.49. The Hall–Kier alpha value is -2.35. The van der Waals surface area contributed by atoms with E-state index in [1.54, 1.807) is 18.5 Å². The van der Waals surface area contributed by atoms with Crippen molar-refractivity contribution in [2.75, 3.05) is 13.1 Å². The lowest BCUT2D eigenvalue weighted by Crippen LogP contribution is -2.56. The number of tetrazole rings is 1. The van der Waals surface area contributed by atoms with Gasteiger partial charge in [-0.1, -0.05) is 6.42 Å². The first-order valence-electron chi connectivity index (χ1n) is 8.54. The molecule has 1 N–H and O–H groups in total. The van der Waals surface area contributed by atoms with E-state index in [-0.39, 0.29) is 11.9 Å². The van der Waals surface area contributed by atoms with Crippen molar-refractivity contribution in [3.8, 4) is 5.69 Å². The number of nitrogens with one attached hydrogen (secondary N) is 1. The fourth-order valence-electron chi connectivity index (χ4n) is 3.83. The van der Waals surface area contributed by atoms with Gasteiger partial charge in [0, 0.05) is 18.3 Å². The van der Waals surface area contributed by atoms with Gasteiger partial charge in [-0.15, -0.1) is 5.10 Å². The average molecular weight is 327 g/mol. The number of hydrogen-bond acceptors (Lipinski definition) is 6. The molecule has 0 aliphatic carbocycles. The first kappa shape index (κ1) is 15.2. The molecule has 4 heterocycles. The first-order chi connectivity index (χ1) is 11.8. The molecule has 2 atom stereocenters. The fourth-order valence-corrected chi connectivity index (χ4v) is 3.83. The highest BCUT2D eigenvalue weighted by atomic mass is 16.1. The van der Waals surface area contributed by atoms with Crippen LogP contribution in [0.4, 0.5) is 0 Å². The van der Waals surface area contributed by atoms with Crippen molar-refractivity contribution in [1.29, 1.82) is 0 Å². The number of nitrogens with zero attached hydrogens (tertiary/aromatic N) is 6. The molecule has 2 unspecified atom stereocenters. The van der Waals surface area contributed by atoms with E-state index in [9.17, 15) is 4.79 Å². The van der Waals surface area contributed by atoms with Gasteiger partial charge in [-0.25, -0.2) is 0 Å². The molecule has 2 aromatic heterocycles. The van der Waals surface area contributed by atoms with Crippen LogP contribution in [0.2, 0.25) is 0 Å². The summed E-state index contributed by atoms with van der Waals surface area (Å²) in [6.07, 6.45) is 10.6. The number of fused-ring (bicyclic) bond motifs is 1. The van der Waals surface area contributed by atoms with Crippen LogP contribution in [0.1, 0.15) is 42.5 Å². The zero-order chi connectivity index (χ0) is 16.4. The van der Waals surface area contributed by atoms with E-state index in [2.05, 4.69) is 30.7 Å². The summed E-state index contributed by atoms with van der Waals surface area (Å²) in [5, 5.41) is 14.3. The lowest BCUT2D eigenvalue weighted by molar-refractivity contribution is 0.0662. The molecule has 0 spiro atoms.